The Morgan fingerprint density at radius 1 is 1.19 bits per heavy atom. The first kappa shape index (κ1) is 15.4. The zero-order valence-corrected chi connectivity index (χ0v) is 14.4. The number of imidazole rings is 1. The van der Waals surface area contributed by atoms with Gasteiger partial charge in [0.25, 0.3) is 5.91 Å². The van der Waals surface area contributed by atoms with Crippen LogP contribution in [0.1, 0.15) is 54.2 Å². The summed E-state index contributed by atoms with van der Waals surface area (Å²) >= 11 is 0. The molecule has 0 saturated heterocycles. The summed E-state index contributed by atoms with van der Waals surface area (Å²) in [4.78, 5) is 17.2. The summed E-state index contributed by atoms with van der Waals surface area (Å²) in [7, 11) is 0. The lowest BCUT2D eigenvalue weighted by Gasteiger charge is -2.40. The molecule has 132 valence electrons. The number of hydrogen-bond acceptors (Lipinski definition) is 4. The molecule has 1 saturated carbocycles. The number of fused-ring (bicyclic) bond motifs is 2. The van der Waals surface area contributed by atoms with Crippen LogP contribution in [-0.2, 0) is 0 Å². The van der Waals surface area contributed by atoms with Crippen LogP contribution in [0, 0.1) is 0 Å². The molecule has 1 fully saturated rings. The Morgan fingerprint density at radius 3 is 2.92 bits per heavy atom. The molecule has 6 nitrogen and oxygen atoms in total. The van der Waals surface area contributed by atoms with Crippen LogP contribution in [-0.4, -0.2) is 26.1 Å². The van der Waals surface area contributed by atoms with Crippen LogP contribution in [0.4, 0.5) is 0 Å². The van der Waals surface area contributed by atoms with Crippen molar-refractivity contribution in [2.24, 2.45) is 0 Å². The zero-order valence-electron chi connectivity index (χ0n) is 14.4. The smallest absolute Gasteiger partial charge is 0.272 e. The number of para-hydroxylation sites is 1. The van der Waals surface area contributed by atoms with E-state index in [0.29, 0.717) is 11.3 Å². The minimum Gasteiger partial charge on any atom is -0.487 e. The van der Waals surface area contributed by atoms with Crippen molar-refractivity contribution in [1.82, 2.24) is 19.9 Å². The van der Waals surface area contributed by atoms with Gasteiger partial charge in [0.2, 0.25) is 0 Å². The molecule has 0 bridgehead atoms. The van der Waals surface area contributed by atoms with Gasteiger partial charge in [0.1, 0.15) is 17.0 Å². The molecule has 1 spiro atoms. The fraction of sp³-hybridized carbons (Fsp3) is 0.350. The number of hydrogen-bond donors (Lipinski definition) is 1. The van der Waals surface area contributed by atoms with Crippen LogP contribution in [0.3, 0.4) is 0 Å². The monoisotopic (exact) mass is 348 g/mol. The molecular formula is C20H20N4O2. The highest BCUT2D eigenvalue weighted by atomic mass is 16.5. The fourth-order valence-corrected chi connectivity index (χ4v) is 4.29. The molecule has 6 heteroatoms. The number of amides is 1. The van der Waals surface area contributed by atoms with Crippen LogP contribution in [0.5, 0.6) is 5.75 Å². The van der Waals surface area contributed by atoms with E-state index in [1.807, 2.05) is 36.4 Å². The average Bonchev–Trinajstić information content (AvgIpc) is 3.29. The van der Waals surface area contributed by atoms with Crippen LogP contribution >= 0.6 is 0 Å². The van der Waals surface area contributed by atoms with E-state index in [1.54, 1.807) is 16.9 Å². The van der Waals surface area contributed by atoms with E-state index >= 15 is 0 Å². The van der Waals surface area contributed by atoms with Gasteiger partial charge in [0, 0.05) is 18.2 Å². The third-order valence-electron chi connectivity index (χ3n) is 5.53. The van der Waals surface area contributed by atoms with Crippen molar-refractivity contribution < 1.29 is 9.53 Å². The lowest BCUT2D eigenvalue weighted by molar-refractivity contribution is 0.0359. The SMILES string of the molecule is O=C(N[C@@H]1CC2(CCCC2)Oc2ccccc21)c1cnc2cccnn12. The van der Waals surface area contributed by atoms with Gasteiger partial charge in [-0.2, -0.15) is 5.10 Å². The molecule has 2 aliphatic rings. The van der Waals surface area contributed by atoms with E-state index in [-0.39, 0.29) is 17.6 Å². The molecule has 3 aromatic rings. The quantitative estimate of drug-likeness (QED) is 0.771. The van der Waals surface area contributed by atoms with Crippen LogP contribution in [0.15, 0.2) is 48.8 Å². The van der Waals surface area contributed by atoms with Crippen molar-refractivity contribution >= 4 is 11.6 Å². The molecule has 1 aliphatic carbocycles. The van der Waals surface area contributed by atoms with E-state index in [1.165, 1.54) is 12.8 Å². The van der Waals surface area contributed by atoms with Gasteiger partial charge in [-0.1, -0.05) is 18.2 Å². The molecule has 26 heavy (non-hydrogen) atoms. The Morgan fingerprint density at radius 2 is 2.04 bits per heavy atom. The predicted molar refractivity (Wildman–Crippen MR) is 96.1 cm³/mol. The van der Waals surface area contributed by atoms with E-state index < -0.39 is 0 Å². The maximum absolute atomic E-state index is 12.9. The third kappa shape index (κ3) is 2.44. The van der Waals surface area contributed by atoms with Crippen molar-refractivity contribution in [3.05, 3.63) is 60.0 Å². The van der Waals surface area contributed by atoms with Crippen molar-refractivity contribution in [1.29, 1.82) is 0 Å². The van der Waals surface area contributed by atoms with Crippen LogP contribution < -0.4 is 10.1 Å². The highest BCUT2D eigenvalue weighted by Crippen LogP contribution is 2.47. The second-order valence-electron chi connectivity index (χ2n) is 7.20. The number of nitrogens with one attached hydrogen (secondary N) is 1. The number of ether oxygens (including phenoxy) is 1. The normalized spacial score (nSPS) is 20.7. The Labute approximate surface area is 151 Å². The van der Waals surface area contributed by atoms with E-state index in [9.17, 15) is 4.79 Å². The molecule has 2 aromatic heterocycles. The largest absolute Gasteiger partial charge is 0.487 e. The summed E-state index contributed by atoms with van der Waals surface area (Å²) in [5, 5.41) is 7.44. The Balaban J connectivity index is 1.48. The summed E-state index contributed by atoms with van der Waals surface area (Å²) in [6.07, 6.45) is 8.49. The second kappa shape index (κ2) is 5.83. The van der Waals surface area contributed by atoms with Gasteiger partial charge in [-0.05, 0) is 43.9 Å². The van der Waals surface area contributed by atoms with Gasteiger partial charge in [0.15, 0.2) is 5.65 Å². The topological polar surface area (TPSA) is 68.5 Å². The first-order valence-corrected chi connectivity index (χ1v) is 9.12. The van der Waals surface area contributed by atoms with Gasteiger partial charge >= 0.3 is 0 Å². The maximum atomic E-state index is 12.9. The first-order chi connectivity index (χ1) is 12.7. The molecule has 3 heterocycles. The van der Waals surface area contributed by atoms with Gasteiger partial charge < -0.3 is 10.1 Å². The lowest BCUT2D eigenvalue weighted by Crippen LogP contribution is -2.43. The van der Waals surface area contributed by atoms with E-state index in [0.717, 1.165) is 30.6 Å². The fourth-order valence-electron chi connectivity index (χ4n) is 4.29. The Kier molecular flexibility index (Phi) is 3.45. The molecule has 0 radical (unpaired) electrons. The van der Waals surface area contributed by atoms with Crippen molar-refractivity contribution in [2.75, 3.05) is 0 Å². The molecule has 1 N–H and O–H groups in total. The van der Waals surface area contributed by atoms with E-state index in [4.69, 9.17) is 4.74 Å². The minimum atomic E-state index is -0.161. The van der Waals surface area contributed by atoms with Gasteiger partial charge in [-0.15, -0.1) is 0 Å². The molecular weight excluding hydrogens is 328 g/mol. The lowest BCUT2D eigenvalue weighted by atomic mass is 9.86. The molecule has 1 atom stereocenters. The predicted octanol–water partition coefficient (Wildman–Crippen LogP) is 3.30. The van der Waals surface area contributed by atoms with Gasteiger partial charge in [-0.25, -0.2) is 9.50 Å². The first-order valence-electron chi connectivity index (χ1n) is 9.12. The standard InChI is InChI=1S/C20H20N4O2/c25-19(16-13-21-18-8-5-11-22-24(16)18)23-15-12-20(9-3-4-10-20)26-17-7-2-1-6-14(15)17/h1-2,5-8,11,13,15H,3-4,9-10,12H2,(H,23,25)/t15-/m1/s1. The number of nitrogens with zero attached hydrogens (tertiary/aromatic N) is 3. The number of carbonyl (C=O) groups is 1. The number of rotatable bonds is 2. The second-order valence-corrected chi connectivity index (χ2v) is 7.20. The van der Waals surface area contributed by atoms with Crippen molar-refractivity contribution in [3.63, 3.8) is 0 Å². The Hall–Kier alpha value is -2.89. The molecule has 0 unspecified atom stereocenters. The zero-order chi connectivity index (χ0) is 17.6. The molecule has 1 aliphatic heterocycles. The van der Waals surface area contributed by atoms with Gasteiger partial charge in [0.05, 0.1) is 12.2 Å². The highest BCUT2D eigenvalue weighted by molar-refractivity contribution is 5.93. The molecule has 1 aromatic carbocycles. The number of benzene rings is 1. The summed E-state index contributed by atoms with van der Waals surface area (Å²) in [6.45, 7) is 0. The Bertz CT molecular complexity index is 975. The highest BCUT2D eigenvalue weighted by Gasteiger charge is 2.43. The summed E-state index contributed by atoms with van der Waals surface area (Å²) < 4.78 is 7.95. The van der Waals surface area contributed by atoms with Crippen molar-refractivity contribution in [3.8, 4) is 5.75 Å². The van der Waals surface area contributed by atoms with Crippen LogP contribution in [0.2, 0.25) is 0 Å². The summed E-state index contributed by atoms with van der Waals surface area (Å²) in [5.41, 5.74) is 2.01. The minimum absolute atomic E-state index is 0.0696. The van der Waals surface area contributed by atoms with E-state index in [2.05, 4.69) is 15.4 Å². The average molecular weight is 348 g/mol. The third-order valence-corrected chi connectivity index (χ3v) is 5.53. The number of aromatic nitrogens is 3. The maximum Gasteiger partial charge on any atom is 0.272 e. The number of carbonyl (C=O) groups excluding carboxylic acids is 1. The summed E-state index contributed by atoms with van der Waals surface area (Å²) in [5.74, 6) is 0.730. The van der Waals surface area contributed by atoms with Gasteiger partial charge in [-0.3, -0.25) is 4.79 Å². The summed E-state index contributed by atoms with van der Waals surface area (Å²) in [6, 6.07) is 11.6. The molecule has 5 rings (SSSR count). The van der Waals surface area contributed by atoms with Crippen molar-refractivity contribution in [2.45, 2.75) is 43.7 Å². The van der Waals surface area contributed by atoms with Crippen LogP contribution in [0.25, 0.3) is 5.65 Å². The molecule has 1 amide bonds.